The first-order chi connectivity index (χ1) is 17.8. The number of morpholine rings is 1. The van der Waals surface area contributed by atoms with Gasteiger partial charge in [-0.2, -0.15) is 0 Å². The number of nitrogens with zero attached hydrogens (tertiary/aromatic N) is 4. The van der Waals surface area contributed by atoms with E-state index in [1.54, 1.807) is 0 Å². The molecule has 0 radical (unpaired) electrons. The van der Waals surface area contributed by atoms with Gasteiger partial charge in [0.2, 0.25) is 0 Å². The van der Waals surface area contributed by atoms with Gasteiger partial charge >= 0.3 is 0 Å². The lowest BCUT2D eigenvalue weighted by atomic mass is 9.97. The first-order valence-electron chi connectivity index (χ1n) is 13.0. The SMILES string of the molecule is O=C(c1cn(Cc2cncn2CC2CCNCC2)cc1-c1cccc2ccccc12)N1CCOCC1. The lowest BCUT2D eigenvalue weighted by Crippen LogP contribution is -2.40. The molecule has 2 saturated heterocycles. The van der Waals surface area contributed by atoms with E-state index in [1.807, 2.05) is 23.6 Å². The van der Waals surface area contributed by atoms with E-state index < -0.39 is 0 Å². The predicted molar refractivity (Wildman–Crippen MR) is 141 cm³/mol. The van der Waals surface area contributed by atoms with Crippen LogP contribution in [-0.4, -0.2) is 64.3 Å². The summed E-state index contributed by atoms with van der Waals surface area (Å²) in [5.41, 5.74) is 3.98. The van der Waals surface area contributed by atoms with Crippen LogP contribution in [0.1, 0.15) is 28.9 Å². The molecule has 2 aromatic heterocycles. The molecule has 0 atom stereocenters. The van der Waals surface area contributed by atoms with Crippen LogP contribution in [0.3, 0.4) is 0 Å². The highest BCUT2D eigenvalue weighted by molar-refractivity contribution is 6.06. The molecule has 1 N–H and O–H groups in total. The number of carbonyl (C=O) groups is 1. The third-order valence-corrected chi connectivity index (χ3v) is 7.55. The zero-order valence-electron chi connectivity index (χ0n) is 20.6. The summed E-state index contributed by atoms with van der Waals surface area (Å²) in [6.45, 7) is 6.29. The highest BCUT2D eigenvalue weighted by Gasteiger charge is 2.24. The van der Waals surface area contributed by atoms with Gasteiger partial charge in [0.15, 0.2) is 0 Å². The molecule has 0 saturated carbocycles. The van der Waals surface area contributed by atoms with E-state index in [0.29, 0.717) is 38.8 Å². The Kier molecular flexibility index (Phi) is 6.57. The maximum atomic E-state index is 13.7. The van der Waals surface area contributed by atoms with Crippen LogP contribution < -0.4 is 5.32 Å². The van der Waals surface area contributed by atoms with Crippen molar-refractivity contribution in [1.82, 2.24) is 24.3 Å². The fourth-order valence-corrected chi connectivity index (χ4v) is 5.56. The number of hydrogen-bond acceptors (Lipinski definition) is 4. The van der Waals surface area contributed by atoms with E-state index >= 15 is 0 Å². The Bertz CT molecular complexity index is 1340. The topological polar surface area (TPSA) is 64.3 Å². The lowest BCUT2D eigenvalue weighted by molar-refractivity contribution is 0.0303. The monoisotopic (exact) mass is 483 g/mol. The van der Waals surface area contributed by atoms with Crippen LogP contribution in [0, 0.1) is 5.92 Å². The molecule has 2 aromatic carbocycles. The predicted octanol–water partition coefficient (Wildman–Crippen LogP) is 4.03. The van der Waals surface area contributed by atoms with E-state index in [9.17, 15) is 4.79 Å². The minimum atomic E-state index is 0.0724. The summed E-state index contributed by atoms with van der Waals surface area (Å²) in [6.07, 6.45) is 10.5. The molecule has 0 aliphatic carbocycles. The molecule has 2 aliphatic rings. The Labute approximate surface area is 211 Å². The van der Waals surface area contributed by atoms with E-state index in [0.717, 1.165) is 41.7 Å². The van der Waals surface area contributed by atoms with E-state index in [1.165, 1.54) is 23.9 Å². The van der Waals surface area contributed by atoms with Gasteiger partial charge in [0.1, 0.15) is 0 Å². The van der Waals surface area contributed by atoms with Crippen molar-refractivity contribution >= 4 is 16.7 Å². The third-order valence-electron chi connectivity index (χ3n) is 7.55. The molecule has 36 heavy (non-hydrogen) atoms. The van der Waals surface area contributed by atoms with E-state index in [-0.39, 0.29) is 5.91 Å². The van der Waals surface area contributed by atoms with Crippen LogP contribution in [0.4, 0.5) is 0 Å². The molecule has 7 nitrogen and oxygen atoms in total. The highest BCUT2D eigenvalue weighted by atomic mass is 16.5. The number of rotatable bonds is 6. The molecular weight excluding hydrogens is 450 g/mol. The molecule has 4 heterocycles. The van der Waals surface area contributed by atoms with Crippen LogP contribution >= 0.6 is 0 Å². The number of piperidine rings is 1. The number of benzene rings is 2. The van der Waals surface area contributed by atoms with Gasteiger partial charge in [0.25, 0.3) is 5.91 Å². The van der Waals surface area contributed by atoms with Crippen molar-refractivity contribution in [3.05, 3.63) is 78.6 Å². The molecule has 4 aromatic rings. The normalized spacial score (nSPS) is 17.1. The molecule has 2 fully saturated rings. The standard InChI is InChI=1S/C29H33N5O2/c35-29(33-12-14-36-15-13-33)28-20-32(18-24-16-31-21-34(24)17-22-8-10-30-11-9-22)19-27(28)26-7-3-5-23-4-1-2-6-25(23)26/h1-7,16,19-22,30H,8-15,17-18H2. The van der Waals surface area contributed by atoms with Crippen molar-refractivity contribution < 1.29 is 9.53 Å². The summed E-state index contributed by atoms with van der Waals surface area (Å²) in [5.74, 6) is 0.747. The van der Waals surface area contributed by atoms with Crippen LogP contribution in [0.25, 0.3) is 21.9 Å². The van der Waals surface area contributed by atoms with Crippen LogP contribution in [-0.2, 0) is 17.8 Å². The summed E-state index contributed by atoms with van der Waals surface area (Å²) in [7, 11) is 0. The average Bonchev–Trinajstić information content (AvgIpc) is 3.56. The van der Waals surface area contributed by atoms with Gasteiger partial charge in [-0.25, -0.2) is 4.98 Å². The van der Waals surface area contributed by atoms with Gasteiger partial charge in [-0.3, -0.25) is 4.79 Å². The van der Waals surface area contributed by atoms with Crippen molar-refractivity contribution in [3.63, 3.8) is 0 Å². The van der Waals surface area contributed by atoms with Crippen LogP contribution in [0.2, 0.25) is 0 Å². The smallest absolute Gasteiger partial charge is 0.256 e. The molecule has 6 rings (SSSR count). The molecule has 7 heteroatoms. The van der Waals surface area contributed by atoms with Crippen molar-refractivity contribution in [3.8, 4) is 11.1 Å². The van der Waals surface area contributed by atoms with Gasteiger partial charge in [-0.1, -0.05) is 42.5 Å². The molecule has 0 unspecified atom stereocenters. The fourth-order valence-electron chi connectivity index (χ4n) is 5.56. The molecule has 0 spiro atoms. The molecule has 2 aliphatic heterocycles. The van der Waals surface area contributed by atoms with E-state index in [2.05, 4.69) is 68.1 Å². The Morgan fingerprint density at radius 3 is 2.67 bits per heavy atom. The maximum absolute atomic E-state index is 13.7. The Hall–Kier alpha value is -3.42. The Morgan fingerprint density at radius 1 is 1.00 bits per heavy atom. The zero-order valence-corrected chi connectivity index (χ0v) is 20.6. The number of nitrogens with one attached hydrogen (secondary N) is 1. The van der Waals surface area contributed by atoms with E-state index in [4.69, 9.17) is 4.74 Å². The summed E-state index contributed by atoms with van der Waals surface area (Å²) in [4.78, 5) is 20.1. The average molecular weight is 484 g/mol. The Morgan fingerprint density at radius 2 is 1.81 bits per heavy atom. The molecule has 0 bridgehead atoms. The van der Waals surface area contributed by atoms with Crippen LogP contribution in [0.15, 0.2) is 67.4 Å². The van der Waals surface area contributed by atoms with Crippen molar-refractivity contribution in [1.29, 1.82) is 0 Å². The maximum Gasteiger partial charge on any atom is 0.256 e. The molecular formula is C29H33N5O2. The van der Waals surface area contributed by atoms with Crippen molar-refractivity contribution in [2.45, 2.75) is 25.9 Å². The number of carbonyl (C=O) groups excluding carboxylic acids is 1. The minimum Gasteiger partial charge on any atom is -0.378 e. The summed E-state index contributed by atoms with van der Waals surface area (Å²) in [6, 6.07) is 14.7. The summed E-state index contributed by atoms with van der Waals surface area (Å²) in [5, 5.41) is 5.78. The largest absolute Gasteiger partial charge is 0.378 e. The summed E-state index contributed by atoms with van der Waals surface area (Å²) >= 11 is 0. The van der Waals surface area contributed by atoms with Gasteiger partial charge in [-0.05, 0) is 48.2 Å². The second-order valence-electron chi connectivity index (χ2n) is 9.92. The zero-order chi connectivity index (χ0) is 24.3. The Balaban J connectivity index is 1.35. The highest BCUT2D eigenvalue weighted by Crippen LogP contribution is 2.33. The number of imidazole rings is 1. The van der Waals surface area contributed by atoms with Gasteiger partial charge < -0.3 is 24.1 Å². The van der Waals surface area contributed by atoms with Crippen molar-refractivity contribution in [2.24, 2.45) is 5.92 Å². The van der Waals surface area contributed by atoms with Gasteiger partial charge in [-0.15, -0.1) is 0 Å². The number of hydrogen-bond donors (Lipinski definition) is 1. The van der Waals surface area contributed by atoms with Crippen LogP contribution in [0.5, 0.6) is 0 Å². The molecule has 186 valence electrons. The second kappa shape index (κ2) is 10.3. The first-order valence-corrected chi connectivity index (χ1v) is 13.0. The second-order valence-corrected chi connectivity index (χ2v) is 9.92. The number of ether oxygens (including phenoxy) is 1. The minimum absolute atomic E-state index is 0.0724. The number of fused-ring (bicyclic) bond motifs is 1. The fraction of sp³-hybridized carbons (Fsp3) is 0.379. The van der Waals surface area contributed by atoms with Gasteiger partial charge in [0, 0.05) is 43.8 Å². The first kappa shape index (κ1) is 23.0. The molecule has 1 amide bonds. The third kappa shape index (κ3) is 4.68. The number of amides is 1. The summed E-state index contributed by atoms with van der Waals surface area (Å²) < 4.78 is 9.94. The number of aromatic nitrogens is 3. The quantitative estimate of drug-likeness (QED) is 0.450. The van der Waals surface area contributed by atoms with Gasteiger partial charge in [0.05, 0.1) is 37.3 Å². The lowest BCUT2D eigenvalue weighted by Gasteiger charge is -2.27. The van der Waals surface area contributed by atoms with Crippen molar-refractivity contribution in [2.75, 3.05) is 39.4 Å².